The third kappa shape index (κ3) is 4.51. The molecule has 7 nitrogen and oxygen atoms in total. The van der Waals surface area contributed by atoms with Gasteiger partial charge in [0, 0.05) is 31.4 Å². The number of alkyl halides is 3. The highest BCUT2D eigenvalue weighted by Crippen LogP contribution is 2.47. The van der Waals surface area contributed by atoms with E-state index in [0.717, 1.165) is 17.7 Å². The van der Waals surface area contributed by atoms with Crippen molar-refractivity contribution < 1.29 is 22.7 Å². The van der Waals surface area contributed by atoms with Gasteiger partial charge < -0.3 is 15.4 Å². The zero-order valence-electron chi connectivity index (χ0n) is 17.3. The Balaban J connectivity index is 1.63. The molecule has 0 atom stereocenters. The molecule has 0 unspecified atom stereocenters. The highest BCUT2D eigenvalue weighted by atomic mass is 35.5. The van der Waals surface area contributed by atoms with Crippen molar-refractivity contribution in [3.63, 3.8) is 0 Å². The molecule has 4 rings (SSSR count). The molecule has 0 bridgehead atoms. The summed E-state index contributed by atoms with van der Waals surface area (Å²) in [5, 5.41) is 8.87. The lowest BCUT2D eigenvalue weighted by molar-refractivity contribution is -0.137. The molecule has 2 N–H and O–H groups in total. The highest BCUT2D eigenvalue weighted by molar-refractivity contribution is 6.31. The minimum atomic E-state index is -4.63. The fourth-order valence-electron chi connectivity index (χ4n) is 3.58. The third-order valence-electron chi connectivity index (χ3n) is 5.57. The maximum Gasteiger partial charge on any atom is 0.417 e. The first kappa shape index (κ1) is 23.0. The molecular formula is C22H19ClF3N5O2. The van der Waals surface area contributed by atoms with Crippen LogP contribution >= 0.6 is 11.6 Å². The van der Waals surface area contributed by atoms with Gasteiger partial charge in [-0.1, -0.05) is 17.7 Å². The summed E-state index contributed by atoms with van der Waals surface area (Å²) in [6, 6.07) is 5.52. The molecule has 0 radical (unpaired) electrons. The number of nitriles is 1. The minimum Gasteiger partial charge on any atom is -0.476 e. The Bertz CT molecular complexity index is 1170. The number of benzene rings is 1. The molecule has 0 spiro atoms. The van der Waals surface area contributed by atoms with Crippen molar-refractivity contribution in [2.75, 3.05) is 26.2 Å². The van der Waals surface area contributed by atoms with Crippen LogP contribution < -0.4 is 10.5 Å². The molecular weight excluding hydrogens is 459 g/mol. The van der Waals surface area contributed by atoms with Crippen LogP contribution in [0.4, 0.5) is 13.2 Å². The normalized spacial score (nSPS) is 16.8. The van der Waals surface area contributed by atoms with Gasteiger partial charge >= 0.3 is 6.18 Å². The van der Waals surface area contributed by atoms with Crippen molar-refractivity contribution in [1.82, 2.24) is 14.9 Å². The van der Waals surface area contributed by atoms with E-state index >= 15 is 0 Å². The van der Waals surface area contributed by atoms with Gasteiger partial charge in [-0.25, -0.2) is 4.98 Å². The van der Waals surface area contributed by atoms with E-state index in [9.17, 15) is 23.2 Å². The van der Waals surface area contributed by atoms with E-state index in [1.54, 1.807) is 4.90 Å². The molecule has 2 heterocycles. The number of amides is 1. The average molecular weight is 478 g/mol. The second kappa shape index (κ2) is 8.65. The van der Waals surface area contributed by atoms with E-state index in [0.29, 0.717) is 24.9 Å². The van der Waals surface area contributed by atoms with Crippen LogP contribution in [0.25, 0.3) is 17.0 Å². The van der Waals surface area contributed by atoms with Crippen LogP contribution in [0.1, 0.15) is 24.0 Å². The van der Waals surface area contributed by atoms with E-state index in [-0.39, 0.29) is 42.9 Å². The van der Waals surface area contributed by atoms with E-state index in [4.69, 9.17) is 22.1 Å². The Morgan fingerprint density at radius 1 is 1.36 bits per heavy atom. The van der Waals surface area contributed by atoms with Crippen molar-refractivity contribution in [2.24, 2.45) is 11.1 Å². The summed E-state index contributed by atoms with van der Waals surface area (Å²) in [5.74, 6) is -0.0316. The summed E-state index contributed by atoms with van der Waals surface area (Å²) < 4.78 is 45.4. The fourth-order valence-corrected chi connectivity index (χ4v) is 3.80. The Labute approximate surface area is 192 Å². The molecule has 1 amide bonds. The molecule has 1 aromatic carbocycles. The maximum atomic E-state index is 13.3. The molecule has 1 aromatic heterocycles. The first-order chi connectivity index (χ1) is 15.7. The van der Waals surface area contributed by atoms with Crippen molar-refractivity contribution >= 4 is 23.1 Å². The Kier molecular flexibility index (Phi) is 6.03. The van der Waals surface area contributed by atoms with Gasteiger partial charge in [0.05, 0.1) is 22.2 Å². The number of carbonyl (C=O) groups excluding carboxylic acids is 1. The van der Waals surface area contributed by atoms with Gasteiger partial charge in [-0.05, 0) is 36.6 Å². The summed E-state index contributed by atoms with van der Waals surface area (Å²) in [6.45, 7) is 0.919. The number of aromatic nitrogens is 2. The Morgan fingerprint density at radius 3 is 2.76 bits per heavy atom. The zero-order valence-corrected chi connectivity index (χ0v) is 18.1. The van der Waals surface area contributed by atoms with E-state index < -0.39 is 22.2 Å². The standard InChI is InChI=1S/C22H19ClF3N5O2/c23-17-2-1-13(9-16(17)22(24,25)26)18-29-10-15(19(30-18)33-8-6-27)14-3-7-31(11-14)20(32)21(12-28)4-5-21/h1-3,9-10H,4-8,11,27H2. The van der Waals surface area contributed by atoms with Crippen molar-refractivity contribution in [3.8, 4) is 23.3 Å². The molecule has 172 valence electrons. The monoisotopic (exact) mass is 477 g/mol. The molecule has 1 fully saturated rings. The lowest BCUT2D eigenvalue weighted by Gasteiger charge is -2.19. The summed E-state index contributed by atoms with van der Waals surface area (Å²) >= 11 is 5.71. The SMILES string of the molecule is N#CC1(C(=O)N2CC=C(c3cnc(-c4ccc(Cl)c(C(F)(F)F)c4)nc3OCCN)C2)CC1. The topological polar surface area (TPSA) is 105 Å². The number of ether oxygens (including phenoxy) is 1. The number of hydrogen-bond donors (Lipinski definition) is 1. The Hall–Kier alpha value is -3.16. The van der Waals surface area contributed by atoms with Crippen LogP contribution in [0.2, 0.25) is 5.02 Å². The maximum absolute atomic E-state index is 13.3. The molecule has 33 heavy (non-hydrogen) atoms. The molecule has 2 aliphatic rings. The largest absolute Gasteiger partial charge is 0.476 e. The van der Waals surface area contributed by atoms with Crippen molar-refractivity contribution in [1.29, 1.82) is 5.26 Å². The van der Waals surface area contributed by atoms with Gasteiger partial charge in [0.2, 0.25) is 11.8 Å². The number of halogens is 4. The van der Waals surface area contributed by atoms with Gasteiger partial charge in [0.1, 0.15) is 12.0 Å². The summed E-state index contributed by atoms with van der Waals surface area (Å²) in [4.78, 5) is 22.8. The van der Waals surface area contributed by atoms with Gasteiger partial charge in [-0.15, -0.1) is 0 Å². The number of carbonyl (C=O) groups is 1. The van der Waals surface area contributed by atoms with Crippen LogP contribution in [0, 0.1) is 16.7 Å². The van der Waals surface area contributed by atoms with Crippen LogP contribution in [0.5, 0.6) is 5.88 Å². The predicted molar refractivity (Wildman–Crippen MR) is 114 cm³/mol. The molecule has 0 saturated heterocycles. The average Bonchev–Trinajstić information content (AvgIpc) is 3.45. The number of nitrogens with zero attached hydrogens (tertiary/aromatic N) is 4. The van der Waals surface area contributed by atoms with Gasteiger partial charge in [-0.2, -0.15) is 23.4 Å². The van der Waals surface area contributed by atoms with Crippen molar-refractivity contribution in [2.45, 2.75) is 19.0 Å². The van der Waals surface area contributed by atoms with Crippen LogP contribution in [-0.2, 0) is 11.0 Å². The summed E-state index contributed by atoms with van der Waals surface area (Å²) in [7, 11) is 0. The predicted octanol–water partition coefficient (Wildman–Crippen LogP) is 3.68. The highest BCUT2D eigenvalue weighted by Gasteiger charge is 2.53. The van der Waals surface area contributed by atoms with Crippen LogP contribution in [0.3, 0.4) is 0 Å². The van der Waals surface area contributed by atoms with E-state index in [1.807, 2.05) is 6.08 Å². The van der Waals surface area contributed by atoms with Gasteiger partial charge in [0.15, 0.2) is 5.82 Å². The summed E-state index contributed by atoms with van der Waals surface area (Å²) in [5.41, 5.74) is 4.98. The van der Waals surface area contributed by atoms with E-state index in [1.165, 1.54) is 12.3 Å². The lowest BCUT2D eigenvalue weighted by Crippen LogP contribution is -2.35. The lowest BCUT2D eigenvalue weighted by atomic mass is 10.1. The van der Waals surface area contributed by atoms with Gasteiger partial charge in [-0.3, -0.25) is 4.79 Å². The van der Waals surface area contributed by atoms with E-state index in [2.05, 4.69) is 16.0 Å². The zero-order chi connectivity index (χ0) is 23.8. The number of rotatable bonds is 6. The second-order valence-electron chi connectivity index (χ2n) is 7.85. The quantitative estimate of drug-likeness (QED) is 0.680. The van der Waals surface area contributed by atoms with Gasteiger partial charge in [0.25, 0.3) is 0 Å². The molecule has 11 heteroatoms. The molecule has 2 aromatic rings. The minimum absolute atomic E-state index is 0.0286. The third-order valence-corrected chi connectivity index (χ3v) is 5.90. The van der Waals surface area contributed by atoms with Crippen LogP contribution in [-0.4, -0.2) is 47.0 Å². The second-order valence-corrected chi connectivity index (χ2v) is 8.26. The van der Waals surface area contributed by atoms with Crippen molar-refractivity contribution in [3.05, 3.63) is 46.6 Å². The fraction of sp³-hybridized carbons (Fsp3) is 0.364. The smallest absolute Gasteiger partial charge is 0.417 e. The molecule has 1 aliphatic heterocycles. The first-order valence-electron chi connectivity index (χ1n) is 10.2. The summed E-state index contributed by atoms with van der Waals surface area (Å²) in [6.07, 6.45) is -0.245. The molecule has 1 saturated carbocycles. The Morgan fingerprint density at radius 2 is 2.12 bits per heavy atom. The first-order valence-corrected chi connectivity index (χ1v) is 10.5. The number of hydrogen-bond acceptors (Lipinski definition) is 6. The van der Waals surface area contributed by atoms with Crippen LogP contribution in [0.15, 0.2) is 30.5 Å². The molecule has 1 aliphatic carbocycles. The number of nitrogens with two attached hydrogens (primary N) is 1.